The van der Waals surface area contributed by atoms with E-state index in [9.17, 15) is 9.18 Å². The van der Waals surface area contributed by atoms with Gasteiger partial charge in [0.05, 0.1) is 6.10 Å². The van der Waals surface area contributed by atoms with Gasteiger partial charge in [-0.2, -0.15) is 0 Å². The molecule has 0 N–H and O–H groups in total. The van der Waals surface area contributed by atoms with Crippen molar-refractivity contribution in [2.24, 2.45) is 7.05 Å². The molecule has 1 fully saturated rings. The van der Waals surface area contributed by atoms with Crippen molar-refractivity contribution in [1.82, 2.24) is 29.5 Å². The Bertz CT molecular complexity index is 1460. The summed E-state index contributed by atoms with van der Waals surface area (Å²) in [6.45, 7) is 4.02. The Morgan fingerprint density at radius 1 is 1.12 bits per heavy atom. The van der Waals surface area contributed by atoms with Gasteiger partial charge in [0, 0.05) is 48.1 Å². The third-order valence-corrected chi connectivity index (χ3v) is 6.41. The van der Waals surface area contributed by atoms with Crippen LogP contribution in [-0.4, -0.2) is 36.1 Å². The van der Waals surface area contributed by atoms with E-state index in [4.69, 9.17) is 21.3 Å². The summed E-state index contributed by atoms with van der Waals surface area (Å²) in [5.41, 5.74) is 1.47. The van der Waals surface area contributed by atoms with Crippen LogP contribution < -0.4 is 5.56 Å². The van der Waals surface area contributed by atoms with Crippen molar-refractivity contribution in [2.75, 3.05) is 6.61 Å². The minimum atomic E-state index is -0.541. The lowest BCUT2D eigenvalue weighted by atomic mass is 9.92. The molecule has 34 heavy (non-hydrogen) atoms. The van der Waals surface area contributed by atoms with Crippen molar-refractivity contribution < 1.29 is 9.13 Å². The highest BCUT2D eigenvalue weighted by Gasteiger charge is 2.29. The molecule has 1 aliphatic heterocycles. The van der Waals surface area contributed by atoms with Crippen molar-refractivity contribution in [3.8, 4) is 11.3 Å². The maximum absolute atomic E-state index is 14.9. The third-order valence-electron chi connectivity index (χ3n) is 6.18. The fourth-order valence-electron chi connectivity index (χ4n) is 4.15. The highest BCUT2D eigenvalue weighted by Crippen LogP contribution is 2.37. The fourth-order valence-corrected chi connectivity index (χ4v) is 4.31. The molecule has 1 saturated heterocycles. The Balaban J connectivity index is 1.65. The minimum Gasteiger partial charge on any atom is -0.373 e. The van der Waals surface area contributed by atoms with Crippen molar-refractivity contribution >= 4 is 22.6 Å². The molecule has 10 heteroatoms. The van der Waals surface area contributed by atoms with Gasteiger partial charge in [-0.1, -0.05) is 11.6 Å². The van der Waals surface area contributed by atoms with Gasteiger partial charge in [-0.15, -0.1) is 0 Å². The number of hydrogen-bond acceptors (Lipinski definition) is 7. The second kappa shape index (κ2) is 8.81. The summed E-state index contributed by atoms with van der Waals surface area (Å²) in [4.78, 5) is 35.5. The molecule has 5 rings (SSSR count). The van der Waals surface area contributed by atoms with Crippen LogP contribution in [0.5, 0.6) is 0 Å². The number of nitrogens with zero attached hydrogens (tertiary/aromatic N) is 6. The van der Waals surface area contributed by atoms with E-state index in [1.807, 2.05) is 6.92 Å². The van der Waals surface area contributed by atoms with Gasteiger partial charge in [0.1, 0.15) is 34.5 Å². The van der Waals surface area contributed by atoms with Crippen LogP contribution in [0.2, 0.25) is 5.02 Å². The SMILES string of the molecule is Cc1ncc([C@@H]2C[C@H](c3nc(-c4ccc(Cl)cc4F)c4nc(C)n(C)c(=O)c4n3)CCO2)cn1. The first-order valence-corrected chi connectivity index (χ1v) is 11.3. The average Bonchev–Trinajstić information content (AvgIpc) is 2.83. The number of ether oxygens (including phenoxy) is 1. The molecule has 0 aliphatic carbocycles. The van der Waals surface area contributed by atoms with Gasteiger partial charge in [-0.25, -0.2) is 29.3 Å². The molecule has 174 valence electrons. The molecular formula is C24H22ClFN6O2. The molecule has 1 aromatic carbocycles. The van der Waals surface area contributed by atoms with Crippen molar-refractivity contribution in [3.05, 3.63) is 74.8 Å². The average molecular weight is 481 g/mol. The Morgan fingerprint density at radius 3 is 2.62 bits per heavy atom. The van der Waals surface area contributed by atoms with Gasteiger partial charge in [0.2, 0.25) is 0 Å². The smallest absolute Gasteiger partial charge is 0.279 e. The predicted octanol–water partition coefficient (Wildman–Crippen LogP) is 4.23. The molecule has 0 amide bonds. The predicted molar refractivity (Wildman–Crippen MR) is 125 cm³/mol. The molecule has 0 spiro atoms. The monoisotopic (exact) mass is 480 g/mol. The van der Waals surface area contributed by atoms with Crippen LogP contribution in [-0.2, 0) is 11.8 Å². The Labute approximate surface area is 199 Å². The van der Waals surface area contributed by atoms with Crippen LogP contribution >= 0.6 is 11.6 Å². The zero-order valence-corrected chi connectivity index (χ0v) is 19.7. The Kier molecular flexibility index (Phi) is 5.83. The summed E-state index contributed by atoms with van der Waals surface area (Å²) in [6.07, 6.45) is 4.53. The van der Waals surface area contributed by atoms with Gasteiger partial charge < -0.3 is 4.74 Å². The zero-order chi connectivity index (χ0) is 24.0. The van der Waals surface area contributed by atoms with E-state index in [1.54, 1.807) is 38.5 Å². The van der Waals surface area contributed by atoms with Gasteiger partial charge in [-0.05, 0) is 44.9 Å². The molecule has 0 bridgehead atoms. The number of halogens is 2. The highest BCUT2D eigenvalue weighted by atomic mass is 35.5. The van der Waals surface area contributed by atoms with Crippen LogP contribution in [0, 0.1) is 19.7 Å². The summed E-state index contributed by atoms with van der Waals surface area (Å²) in [5, 5.41) is 0.271. The van der Waals surface area contributed by atoms with Crippen molar-refractivity contribution in [3.63, 3.8) is 0 Å². The van der Waals surface area contributed by atoms with Crippen LogP contribution in [0.3, 0.4) is 0 Å². The lowest BCUT2D eigenvalue weighted by molar-refractivity contribution is 0.00360. The van der Waals surface area contributed by atoms with Gasteiger partial charge >= 0.3 is 0 Å². The van der Waals surface area contributed by atoms with Gasteiger partial charge in [0.15, 0.2) is 5.52 Å². The normalized spacial score (nSPS) is 18.4. The van der Waals surface area contributed by atoms with Crippen LogP contribution in [0.25, 0.3) is 22.3 Å². The van der Waals surface area contributed by atoms with Crippen molar-refractivity contribution in [2.45, 2.75) is 38.7 Å². The topological polar surface area (TPSA) is 95.7 Å². The summed E-state index contributed by atoms with van der Waals surface area (Å²) < 4.78 is 22.3. The quantitative estimate of drug-likeness (QED) is 0.433. The molecule has 0 radical (unpaired) electrons. The number of hydrogen-bond donors (Lipinski definition) is 0. The number of rotatable bonds is 3. The lowest BCUT2D eigenvalue weighted by Crippen LogP contribution is -2.25. The second-order valence-electron chi connectivity index (χ2n) is 8.42. The molecule has 4 heterocycles. The Morgan fingerprint density at radius 2 is 1.88 bits per heavy atom. The van der Waals surface area contributed by atoms with E-state index in [0.717, 1.165) is 5.56 Å². The standard InChI is InChI=1S/C24H22ClFN6O2/c1-12-27-10-15(11-28-12)19-8-14(6-7-34-19)23-30-20(17-5-4-16(25)9-18(17)26)21-22(31-23)24(33)32(3)13(2)29-21/h4-5,9-11,14,19H,6-8H2,1-3H3/t14-,19+/m1/s1. The van der Waals surface area contributed by atoms with E-state index in [1.165, 1.54) is 10.6 Å². The minimum absolute atomic E-state index is 0.107. The fraction of sp³-hybridized carbons (Fsp3) is 0.333. The lowest BCUT2D eigenvalue weighted by Gasteiger charge is -2.29. The first-order chi connectivity index (χ1) is 16.3. The van der Waals surface area contributed by atoms with E-state index in [0.29, 0.717) is 36.9 Å². The summed E-state index contributed by atoms with van der Waals surface area (Å²) in [7, 11) is 1.64. The number of benzene rings is 1. The van der Waals surface area contributed by atoms with E-state index in [-0.39, 0.29) is 44.9 Å². The summed E-state index contributed by atoms with van der Waals surface area (Å²) in [6, 6.07) is 4.36. The zero-order valence-electron chi connectivity index (χ0n) is 18.9. The van der Waals surface area contributed by atoms with Gasteiger partial charge in [-0.3, -0.25) is 9.36 Å². The van der Waals surface area contributed by atoms with Gasteiger partial charge in [0.25, 0.3) is 5.56 Å². The molecule has 0 unspecified atom stereocenters. The van der Waals surface area contributed by atoms with E-state index >= 15 is 0 Å². The number of aryl methyl sites for hydroxylation is 2. The first-order valence-electron chi connectivity index (χ1n) is 10.9. The second-order valence-corrected chi connectivity index (χ2v) is 8.86. The maximum Gasteiger partial charge on any atom is 0.279 e. The number of fused-ring (bicyclic) bond motifs is 1. The highest BCUT2D eigenvalue weighted by molar-refractivity contribution is 6.30. The summed E-state index contributed by atoms with van der Waals surface area (Å²) >= 11 is 5.97. The molecule has 1 aliphatic rings. The third kappa shape index (κ3) is 4.05. The molecular weight excluding hydrogens is 459 g/mol. The largest absolute Gasteiger partial charge is 0.373 e. The van der Waals surface area contributed by atoms with Crippen LogP contribution in [0.1, 0.15) is 47.9 Å². The molecule has 4 aromatic rings. The molecule has 0 saturated carbocycles. The van der Waals surface area contributed by atoms with E-state index in [2.05, 4.69) is 19.9 Å². The molecule has 2 atom stereocenters. The molecule has 8 nitrogen and oxygen atoms in total. The number of aromatic nitrogens is 6. The van der Waals surface area contributed by atoms with E-state index < -0.39 is 5.82 Å². The van der Waals surface area contributed by atoms with Crippen molar-refractivity contribution in [1.29, 1.82) is 0 Å². The Hall–Kier alpha value is -3.30. The maximum atomic E-state index is 14.9. The van der Waals surface area contributed by atoms with Crippen LogP contribution in [0.4, 0.5) is 4.39 Å². The molecule has 3 aromatic heterocycles. The summed E-state index contributed by atoms with van der Waals surface area (Å²) in [5.74, 6) is 0.975. The first kappa shape index (κ1) is 22.5. The van der Waals surface area contributed by atoms with Crippen LogP contribution in [0.15, 0.2) is 35.4 Å².